The largest absolute Gasteiger partial charge is 0.469 e. The number of rotatable bonds is 8. The molecule has 5 nitrogen and oxygen atoms in total. The maximum Gasteiger partial charge on any atom is 0.310 e. The highest BCUT2D eigenvalue weighted by atomic mass is 32.2. The number of methoxy groups -OCH3 is 1. The Morgan fingerprint density at radius 2 is 2.26 bits per heavy atom. The molecule has 0 aromatic heterocycles. The summed E-state index contributed by atoms with van der Waals surface area (Å²) in [5, 5.41) is -0.649. The molecule has 0 aromatic rings. The summed E-state index contributed by atoms with van der Waals surface area (Å²) < 4.78 is 31.5. The van der Waals surface area contributed by atoms with E-state index in [0.717, 1.165) is 12.2 Å². The fourth-order valence-electron chi connectivity index (χ4n) is 2.25. The molecule has 110 valence electrons. The summed E-state index contributed by atoms with van der Waals surface area (Å²) in [7, 11) is -2.15. The van der Waals surface area contributed by atoms with E-state index in [1.807, 2.05) is 0 Å². The van der Waals surface area contributed by atoms with E-state index in [0.29, 0.717) is 25.1 Å². The van der Waals surface area contributed by atoms with Crippen molar-refractivity contribution in [3.8, 4) is 0 Å². The molecule has 1 aliphatic carbocycles. The van der Waals surface area contributed by atoms with Gasteiger partial charge in [0.1, 0.15) is 0 Å². The van der Waals surface area contributed by atoms with Gasteiger partial charge in [0.2, 0.25) is 10.0 Å². The van der Waals surface area contributed by atoms with Crippen LogP contribution in [-0.4, -0.2) is 44.8 Å². The zero-order valence-electron chi connectivity index (χ0n) is 11.1. The Bertz CT molecular complexity index is 408. The van der Waals surface area contributed by atoms with Crippen LogP contribution in [0.15, 0.2) is 12.7 Å². The Morgan fingerprint density at radius 3 is 2.89 bits per heavy atom. The average Bonchev–Trinajstić information content (AvgIpc) is 2.87. The molecular weight excluding hydrogens is 286 g/mol. The zero-order valence-corrected chi connectivity index (χ0v) is 12.8. The van der Waals surface area contributed by atoms with Crippen molar-refractivity contribution in [2.24, 2.45) is 5.92 Å². The third-order valence-corrected chi connectivity index (χ3v) is 6.07. The molecule has 0 aliphatic heterocycles. The van der Waals surface area contributed by atoms with Gasteiger partial charge in [-0.2, -0.15) is 11.8 Å². The van der Waals surface area contributed by atoms with Gasteiger partial charge in [-0.15, -0.1) is 6.58 Å². The third kappa shape index (κ3) is 4.81. The topological polar surface area (TPSA) is 72.5 Å². The summed E-state index contributed by atoms with van der Waals surface area (Å²) in [6.45, 7) is 3.98. The van der Waals surface area contributed by atoms with Gasteiger partial charge >= 0.3 is 5.97 Å². The van der Waals surface area contributed by atoms with Crippen molar-refractivity contribution >= 4 is 27.8 Å². The predicted octanol–water partition coefficient (Wildman–Crippen LogP) is 1.17. The number of hydrogen-bond donors (Lipinski definition) is 1. The van der Waals surface area contributed by atoms with Crippen LogP contribution in [0.4, 0.5) is 0 Å². The first-order chi connectivity index (χ1) is 9.03. The van der Waals surface area contributed by atoms with Gasteiger partial charge in [0.05, 0.1) is 18.3 Å². The number of thioether (sulfide) groups is 1. The second kappa shape index (κ2) is 7.91. The molecule has 19 heavy (non-hydrogen) atoms. The van der Waals surface area contributed by atoms with E-state index in [-0.39, 0.29) is 0 Å². The van der Waals surface area contributed by atoms with E-state index in [1.165, 1.54) is 7.11 Å². The molecule has 0 spiro atoms. The lowest BCUT2D eigenvalue weighted by Crippen LogP contribution is -2.40. The Balaban J connectivity index is 2.51. The molecule has 2 unspecified atom stereocenters. The second-order valence-corrected chi connectivity index (χ2v) is 7.54. The molecule has 0 radical (unpaired) electrons. The number of hydrogen-bond acceptors (Lipinski definition) is 5. The fourth-order valence-corrected chi connectivity index (χ4v) is 4.71. The molecule has 1 fully saturated rings. The first-order valence-electron chi connectivity index (χ1n) is 6.28. The standard InChI is InChI=1S/C12H21NO4S2/c1-3-8-18-9-7-13-19(15,16)11-6-4-5-10(11)12(14)17-2/h3,10-11,13H,1,4-9H2,2H3. The molecule has 0 heterocycles. The van der Waals surface area contributed by atoms with Gasteiger partial charge in [0.15, 0.2) is 0 Å². The minimum Gasteiger partial charge on any atom is -0.469 e. The van der Waals surface area contributed by atoms with Crippen molar-refractivity contribution in [2.75, 3.05) is 25.2 Å². The summed E-state index contributed by atoms with van der Waals surface area (Å²) in [6.07, 6.45) is 3.64. The third-order valence-electron chi connectivity index (χ3n) is 3.14. The van der Waals surface area contributed by atoms with E-state index >= 15 is 0 Å². The van der Waals surface area contributed by atoms with Crippen LogP contribution in [0.3, 0.4) is 0 Å². The highest BCUT2D eigenvalue weighted by molar-refractivity contribution is 7.99. The van der Waals surface area contributed by atoms with Crippen LogP contribution >= 0.6 is 11.8 Å². The summed E-state index contributed by atoms with van der Waals surface area (Å²) in [5.41, 5.74) is 0. The molecule has 0 bridgehead atoms. The molecule has 1 rings (SSSR count). The first-order valence-corrected chi connectivity index (χ1v) is 8.98. The molecule has 0 amide bonds. The lowest BCUT2D eigenvalue weighted by molar-refractivity contribution is -0.145. The summed E-state index contributed by atoms with van der Waals surface area (Å²) >= 11 is 1.61. The van der Waals surface area contributed by atoms with Crippen molar-refractivity contribution in [1.82, 2.24) is 4.72 Å². The number of sulfonamides is 1. The maximum absolute atomic E-state index is 12.1. The summed E-state index contributed by atoms with van der Waals surface area (Å²) in [6, 6.07) is 0. The molecule has 2 atom stereocenters. The van der Waals surface area contributed by atoms with E-state index in [4.69, 9.17) is 0 Å². The lowest BCUT2D eigenvalue weighted by atomic mass is 10.1. The van der Waals surface area contributed by atoms with Gasteiger partial charge in [0, 0.05) is 18.1 Å². The molecule has 0 saturated heterocycles. The number of carbonyl (C=O) groups is 1. The molecule has 1 saturated carbocycles. The molecular formula is C12H21NO4S2. The minimum atomic E-state index is -3.44. The average molecular weight is 307 g/mol. The number of esters is 1. The molecule has 1 aliphatic rings. The van der Waals surface area contributed by atoms with E-state index in [9.17, 15) is 13.2 Å². The van der Waals surface area contributed by atoms with E-state index in [1.54, 1.807) is 17.8 Å². The van der Waals surface area contributed by atoms with Crippen molar-refractivity contribution in [1.29, 1.82) is 0 Å². The maximum atomic E-state index is 12.1. The van der Waals surface area contributed by atoms with Crippen LogP contribution in [-0.2, 0) is 19.6 Å². The normalized spacial score (nSPS) is 23.2. The van der Waals surface area contributed by atoms with Crippen molar-refractivity contribution in [2.45, 2.75) is 24.5 Å². The Kier molecular flexibility index (Phi) is 6.88. The smallest absolute Gasteiger partial charge is 0.310 e. The van der Waals surface area contributed by atoms with Crippen LogP contribution in [0.5, 0.6) is 0 Å². The number of carbonyl (C=O) groups excluding carboxylic acids is 1. The van der Waals surface area contributed by atoms with E-state index < -0.39 is 27.2 Å². The van der Waals surface area contributed by atoms with Gasteiger partial charge < -0.3 is 4.74 Å². The summed E-state index contributed by atoms with van der Waals surface area (Å²) in [5.74, 6) is 0.550. The van der Waals surface area contributed by atoms with Gasteiger partial charge in [-0.05, 0) is 12.8 Å². The zero-order chi connectivity index (χ0) is 14.3. The molecule has 1 N–H and O–H groups in total. The first kappa shape index (κ1) is 16.5. The highest BCUT2D eigenvalue weighted by Crippen LogP contribution is 2.31. The Morgan fingerprint density at radius 1 is 1.53 bits per heavy atom. The van der Waals surface area contributed by atoms with Crippen molar-refractivity contribution < 1.29 is 17.9 Å². The highest BCUT2D eigenvalue weighted by Gasteiger charge is 2.41. The number of nitrogens with one attached hydrogen (secondary N) is 1. The van der Waals surface area contributed by atoms with Crippen molar-refractivity contribution in [3.05, 3.63) is 12.7 Å². The van der Waals surface area contributed by atoms with Gasteiger partial charge in [-0.25, -0.2) is 13.1 Å². The second-order valence-electron chi connectivity index (χ2n) is 4.40. The molecule has 0 aromatic carbocycles. The fraction of sp³-hybridized carbons (Fsp3) is 0.750. The van der Waals surface area contributed by atoms with Gasteiger partial charge in [0.25, 0.3) is 0 Å². The van der Waals surface area contributed by atoms with Gasteiger partial charge in [-0.1, -0.05) is 12.5 Å². The van der Waals surface area contributed by atoms with Crippen LogP contribution < -0.4 is 4.72 Å². The van der Waals surface area contributed by atoms with E-state index in [2.05, 4.69) is 16.0 Å². The lowest BCUT2D eigenvalue weighted by Gasteiger charge is -2.18. The van der Waals surface area contributed by atoms with Crippen LogP contribution in [0.2, 0.25) is 0 Å². The quantitative estimate of drug-likeness (QED) is 0.414. The Labute approximate surface area is 119 Å². The SMILES string of the molecule is C=CCSCCNS(=O)(=O)C1CCCC1C(=O)OC. The number of ether oxygens (including phenoxy) is 1. The Hall–Kier alpha value is -0.530. The molecule has 7 heteroatoms. The van der Waals surface area contributed by atoms with Crippen LogP contribution in [0.1, 0.15) is 19.3 Å². The van der Waals surface area contributed by atoms with Crippen molar-refractivity contribution in [3.63, 3.8) is 0 Å². The monoisotopic (exact) mass is 307 g/mol. The predicted molar refractivity (Wildman–Crippen MR) is 77.6 cm³/mol. The van der Waals surface area contributed by atoms with Crippen LogP contribution in [0, 0.1) is 5.92 Å². The van der Waals surface area contributed by atoms with Gasteiger partial charge in [-0.3, -0.25) is 4.79 Å². The minimum absolute atomic E-state index is 0.380. The van der Waals surface area contributed by atoms with Crippen LogP contribution in [0.25, 0.3) is 0 Å². The summed E-state index contributed by atoms with van der Waals surface area (Å²) in [4.78, 5) is 11.6.